The highest BCUT2D eigenvalue weighted by molar-refractivity contribution is 4.68. The van der Waals surface area contributed by atoms with E-state index in [1.165, 1.54) is 0 Å². The summed E-state index contributed by atoms with van der Waals surface area (Å²) in [4.78, 5) is 9.29. The average Bonchev–Trinajstić information content (AvgIpc) is 2.60. The summed E-state index contributed by atoms with van der Waals surface area (Å²) in [7, 11) is 0. The maximum absolute atomic E-state index is 5.75. The number of nitrogens with zero attached hydrogens (tertiary/aromatic N) is 4. The quantitative estimate of drug-likeness (QED) is 0.122. The van der Waals surface area contributed by atoms with Crippen LogP contribution in [0.4, 0.5) is 0 Å². The van der Waals surface area contributed by atoms with Crippen molar-refractivity contribution in [2.75, 3.05) is 105 Å². The minimum absolute atomic E-state index is 0.621. The van der Waals surface area contributed by atoms with E-state index in [-0.39, 0.29) is 0 Å². The molecule has 12 N–H and O–H groups in total. The number of rotatable bonds is 19. The van der Waals surface area contributed by atoms with Crippen molar-refractivity contribution in [2.45, 2.75) is 0 Å². The Hall–Kier alpha value is -0.400. The standard InChI is InChI=1S/C16H44N10/c17-1-7-23(8-2-18)13-14-26(15-24(9-3-19)10-4-20)16-25(11-5-21)12-6-22/h1-22H2. The molecule has 0 aromatic heterocycles. The van der Waals surface area contributed by atoms with E-state index < -0.39 is 0 Å². The van der Waals surface area contributed by atoms with Crippen LogP contribution < -0.4 is 34.4 Å². The molecule has 0 bridgehead atoms. The molecule has 10 nitrogen and oxygen atoms in total. The molecule has 26 heavy (non-hydrogen) atoms. The second-order valence-corrected chi connectivity index (χ2v) is 6.49. The molecule has 0 aliphatic rings. The Morgan fingerprint density at radius 1 is 0.308 bits per heavy atom. The van der Waals surface area contributed by atoms with Gasteiger partial charge in [0.15, 0.2) is 0 Å². The van der Waals surface area contributed by atoms with E-state index in [2.05, 4.69) is 19.6 Å². The Kier molecular flexibility index (Phi) is 17.7. The molecule has 0 radical (unpaired) electrons. The lowest BCUT2D eigenvalue weighted by molar-refractivity contribution is 0.0655. The first-order chi connectivity index (χ1) is 12.6. The molecule has 10 heteroatoms. The van der Waals surface area contributed by atoms with Crippen molar-refractivity contribution in [1.29, 1.82) is 0 Å². The Morgan fingerprint density at radius 2 is 0.577 bits per heavy atom. The molecule has 0 rings (SSSR count). The van der Waals surface area contributed by atoms with Gasteiger partial charge in [-0.2, -0.15) is 0 Å². The van der Waals surface area contributed by atoms with Crippen LogP contribution in [0.3, 0.4) is 0 Å². The Balaban J connectivity index is 4.86. The first-order valence-corrected chi connectivity index (χ1v) is 9.74. The fourth-order valence-corrected chi connectivity index (χ4v) is 2.97. The summed E-state index contributed by atoms with van der Waals surface area (Å²) in [6.07, 6.45) is 0. The van der Waals surface area contributed by atoms with Crippen LogP contribution in [0.15, 0.2) is 0 Å². The van der Waals surface area contributed by atoms with Gasteiger partial charge in [-0.3, -0.25) is 19.6 Å². The van der Waals surface area contributed by atoms with Crippen molar-refractivity contribution in [3.63, 3.8) is 0 Å². The monoisotopic (exact) mass is 376 g/mol. The second-order valence-electron chi connectivity index (χ2n) is 6.49. The fourth-order valence-electron chi connectivity index (χ4n) is 2.97. The molecule has 0 aliphatic carbocycles. The van der Waals surface area contributed by atoms with Gasteiger partial charge in [0.05, 0.1) is 13.3 Å². The number of hydrogen-bond acceptors (Lipinski definition) is 10. The summed E-state index contributed by atoms with van der Waals surface area (Å²) >= 11 is 0. The van der Waals surface area contributed by atoms with Gasteiger partial charge in [0.2, 0.25) is 0 Å². The van der Waals surface area contributed by atoms with Gasteiger partial charge in [0.1, 0.15) is 0 Å². The van der Waals surface area contributed by atoms with Gasteiger partial charge in [0, 0.05) is 91.6 Å². The summed E-state index contributed by atoms with van der Waals surface area (Å²) < 4.78 is 0. The van der Waals surface area contributed by atoms with Crippen LogP contribution >= 0.6 is 0 Å². The van der Waals surface area contributed by atoms with Gasteiger partial charge < -0.3 is 34.4 Å². The molecular weight excluding hydrogens is 332 g/mol. The lowest BCUT2D eigenvalue weighted by Gasteiger charge is -2.35. The van der Waals surface area contributed by atoms with Crippen molar-refractivity contribution in [3.05, 3.63) is 0 Å². The van der Waals surface area contributed by atoms with Crippen LogP contribution in [-0.2, 0) is 0 Å². The van der Waals surface area contributed by atoms with Crippen molar-refractivity contribution >= 4 is 0 Å². The van der Waals surface area contributed by atoms with Crippen LogP contribution in [-0.4, -0.2) is 125 Å². The van der Waals surface area contributed by atoms with Crippen LogP contribution in [0.25, 0.3) is 0 Å². The van der Waals surface area contributed by atoms with Crippen molar-refractivity contribution in [3.8, 4) is 0 Å². The molecule has 0 atom stereocenters. The third-order valence-electron chi connectivity index (χ3n) is 4.20. The van der Waals surface area contributed by atoms with E-state index in [1.54, 1.807) is 0 Å². The molecule has 0 saturated carbocycles. The van der Waals surface area contributed by atoms with Gasteiger partial charge in [-0.1, -0.05) is 0 Å². The van der Waals surface area contributed by atoms with Crippen molar-refractivity contribution < 1.29 is 0 Å². The molecule has 0 saturated heterocycles. The van der Waals surface area contributed by atoms with E-state index >= 15 is 0 Å². The van der Waals surface area contributed by atoms with Crippen LogP contribution in [0.2, 0.25) is 0 Å². The minimum Gasteiger partial charge on any atom is -0.329 e. The summed E-state index contributed by atoms with van der Waals surface area (Å²) in [5.41, 5.74) is 34.4. The van der Waals surface area contributed by atoms with Gasteiger partial charge >= 0.3 is 0 Å². The third kappa shape index (κ3) is 12.9. The first-order valence-electron chi connectivity index (χ1n) is 9.74. The first kappa shape index (κ1) is 25.6. The molecule has 0 amide bonds. The zero-order valence-electron chi connectivity index (χ0n) is 16.6. The van der Waals surface area contributed by atoms with Gasteiger partial charge in [-0.25, -0.2) is 0 Å². The molecule has 0 fully saturated rings. The largest absolute Gasteiger partial charge is 0.329 e. The van der Waals surface area contributed by atoms with Crippen LogP contribution in [0.5, 0.6) is 0 Å². The summed E-state index contributed by atoms with van der Waals surface area (Å²) in [6.45, 7) is 12.3. The number of nitrogens with two attached hydrogens (primary N) is 6. The maximum Gasteiger partial charge on any atom is 0.0519 e. The summed E-state index contributed by atoms with van der Waals surface area (Å²) in [5.74, 6) is 0. The molecule has 0 aliphatic heterocycles. The van der Waals surface area contributed by atoms with Crippen LogP contribution in [0, 0.1) is 0 Å². The summed E-state index contributed by atoms with van der Waals surface area (Å²) in [5, 5.41) is 0. The van der Waals surface area contributed by atoms with E-state index in [0.717, 1.165) is 65.7 Å². The molecule has 0 spiro atoms. The Bertz CT molecular complexity index is 258. The second kappa shape index (κ2) is 18.0. The highest BCUT2D eigenvalue weighted by Gasteiger charge is 2.15. The Labute approximate surface area is 159 Å². The van der Waals surface area contributed by atoms with Crippen molar-refractivity contribution in [2.24, 2.45) is 34.4 Å². The lowest BCUT2D eigenvalue weighted by atomic mass is 10.4. The average molecular weight is 377 g/mol. The fraction of sp³-hybridized carbons (Fsp3) is 1.00. The third-order valence-corrected chi connectivity index (χ3v) is 4.20. The highest BCUT2D eigenvalue weighted by Crippen LogP contribution is 2.00. The number of hydrogen-bond donors (Lipinski definition) is 6. The molecular formula is C16H44N10. The Morgan fingerprint density at radius 3 is 0.885 bits per heavy atom. The van der Waals surface area contributed by atoms with Crippen LogP contribution in [0.1, 0.15) is 0 Å². The van der Waals surface area contributed by atoms with E-state index in [1.807, 2.05) is 0 Å². The zero-order valence-corrected chi connectivity index (χ0v) is 16.6. The zero-order chi connectivity index (χ0) is 19.6. The van der Waals surface area contributed by atoms with E-state index in [0.29, 0.717) is 39.3 Å². The van der Waals surface area contributed by atoms with Gasteiger partial charge in [0.25, 0.3) is 0 Å². The lowest BCUT2D eigenvalue weighted by Crippen LogP contribution is -2.50. The van der Waals surface area contributed by atoms with E-state index in [4.69, 9.17) is 34.4 Å². The molecule has 0 heterocycles. The predicted octanol–water partition coefficient (Wildman–Crippen LogP) is -4.14. The minimum atomic E-state index is 0.621. The summed E-state index contributed by atoms with van der Waals surface area (Å²) in [6, 6.07) is 0. The SMILES string of the molecule is NCCN(CCN)CCN(CN(CCN)CCN)CN(CCN)CCN. The smallest absolute Gasteiger partial charge is 0.0519 e. The van der Waals surface area contributed by atoms with E-state index in [9.17, 15) is 0 Å². The predicted molar refractivity (Wildman–Crippen MR) is 110 cm³/mol. The maximum atomic E-state index is 5.75. The van der Waals surface area contributed by atoms with Crippen molar-refractivity contribution in [1.82, 2.24) is 19.6 Å². The van der Waals surface area contributed by atoms with Gasteiger partial charge in [-0.15, -0.1) is 0 Å². The van der Waals surface area contributed by atoms with Gasteiger partial charge in [-0.05, 0) is 0 Å². The highest BCUT2D eigenvalue weighted by atomic mass is 15.4. The molecule has 158 valence electrons. The molecule has 0 aromatic rings. The topological polar surface area (TPSA) is 169 Å². The molecule has 0 unspecified atom stereocenters. The normalized spacial score (nSPS) is 12.2. The molecule has 0 aromatic carbocycles.